The molecule has 0 saturated heterocycles. The highest BCUT2D eigenvalue weighted by Gasteiger charge is 2.12. The molecule has 2 heteroatoms. The summed E-state index contributed by atoms with van der Waals surface area (Å²) in [6, 6.07) is 36.7. The Hall–Kier alpha value is -4.04. The van der Waals surface area contributed by atoms with E-state index in [1.54, 1.807) is 13.2 Å². The maximum Gasteiger partial charge on any atom is 0.161 e. The van der Waals surface area contributed by atoms with Crippen LogP contribution in [0.4, 0.5) is 0 Å². The monoisotopic (exact) mass is 404 g/mol. The van der Waals surface area contributed by atoms with Crippen molar-refractivity contribution in [2.75, 3.05) is 7.11 Å². The van der Waals surface area contributed by atoms with Crippen LogP contribution in [0.15, 0.2) is 115 Å². The van der Waals surface area contributed by atoms with E-state index in [9.17, 15) is 5.11 Å². The molecule has 4 aromatic rings. The van der Waals surface area contributed by atoms with Crippen LogP contribution in [0.25, 0.3) is 17.2 Å². The van der Waals surface area contributed by atoms with Crippen molar-refractivity contribution >= 4 is 17.2 Å². The lowest BCUT2D eigenvalue weighted by Gasteiger charge is -2.15. The highest BCUT2D eigenvalue weighted by molar-refractivity contribution is 6.03. The fourth-order valence-corrected chi connectivity index (χ4v) is 3.61. The van der Waals surface area contributed by atoms with Crippen LogP contribution < -0.4 is 4.74 Å². The summed E-state index contributed by atoms with van der Waals surface area (Å²) in [5.41, 5.74) is 6.66. The molecule has 2 nitrogen and oxygen atoms in total. The van der Waals surface area contributed by atoms with Crippen molar-refractivity contribution in [3.8, 4) is 11.5 Å². The van der Waals surface area contributed by atoms with E-state index < -0.39 is 0 Å². The SMILES string of the molecule is COc1cc(/C=C/C(=C(c2ccccc2)c2ccccc2)c2ccccc2)ccc1O. The van der Waals surface area contributed by atoms with Gasteiger partial charge in [0.15, 0.2) is 11.5 Å². The van der Waals surface area contributed by atoms with E-state index >= 15 is 0 Å². The Kier molecular flexibility index (Phi) is 6.29. The quantitative estimate of drug-likeness (QED) is 0.275. The van der Waals surface area contributed by atoms with Crippen molar-refractivity contribution in [1.29, 1.82) is 0 Å². The average molecular weight is 405 g/mol. The normalized spacial score (nSPS) is 10.7. The molecule has 4 aromatic carbocycles. The molecule has 0 heterocycles. The molecular weight excluding hydrogens is 380 g/mol. The number of phenolic OH excluding ortho intramolecular Hbond substituents is 1. The Labute approximate surface area is 183 Å². The zero-order valence-corrected chi connectivity index (χ0v) is 17.4. The van der Waals surface area contributed by atoms with Crippen molar-refractivity contribution in [1.82, 2.24) is 0 Å². The lowest BCUT2D eigenvalue weighted by molar-refractivity contribution is 0.373. The van der Waals surface area contributed by atoms with E-state index in [2.05, 4.69) is 84.9 Å². The van der Waals surface area contributed by atoms with Gasteiger partial charge in [-0.25, -0.2) is 0 Å². The van der Waals surface area contributed by atoms with Crippen LogP contribution in [0.3, 0.4) is 0 Å². The predicted octanol–water partition coefficient (Wildman–Crippen LogP) is 7.07. The number of rotatable bonds is 6. The zero-order valence-electron chi connectivity index (χ0n) is 17.4. The molecule has 152 valence electrons. The molecule has 0 fully saturated rings. The van der Waals surface area contributed by atoms with E-state index in [0.29, 0.717) is 5.75 Å². The minimum Gasteiger partial charge on any atom is -0.504 e. The highest BCUT2D eigenvalue weighted by atomic mass is 16.5. The molecule has 0 aromatic heterocycles. The van der Waals surface area contributed by atoms with E-state index in [0.717, 1.165) is 33.4 Å². The van der Waals surface area contributed by atoms with Gasteiger partial charge < -0.3 is 9.84 Å². The molecule has 0 amide bonds. The van der Waals surface area contributed by atoms with Gasteiger partial charge >= 0.3 is 0 Å². The maximum atomic E-state index is 9.92. The van der Waals surface area contributed by atoms with E-state index in [-0.39, 0.29) is 5.75 Å². The molecule has 0 spiro atoms. The molecule has 0 unspecified atom stereocenters. The fourth-order valence-electron chi connectivity index (χ4n) is 3.61. The van der Waals surface area contributed by atoms with Crippen molar-refractivity contribution in [2.45, 2.75) is 0 Å². The number of hydrogen-bond donors (Lipinski definition) is 1. The van der Waals surface area contributed by atoms with Gasteiger partial charge in [-0.1, -0.05) is 109 Å². The number of aromatic hydroxyl groups is 1. The van der Waals surface area contributed by atoms with Gasteiger partial charge in [0, 0.05) is 0 Å². The first-order valence-corrected chi connectivity index (χ1v) is 10.2. The molecule has 0 aliphatic heterocycles. The molecule has 4 rings (SSSR count). The summed E-state index contributed by atoms with van der Waals surface area (Å²) in [6.45, 7) is 0. The van der Waals surface area contributed by atoms with Crippen molar-refractivity contribution < 1.29 is 9.84 Å². The standard InChI is InChI=1S/C29H24O2/c1-31-28-21-22(18-20-27(28)30)17-19-26(23-11-5-2-6-12-23)29(24-13-7-3-8-14-24)25-15-9-4-10-16-25/h2-21,30H,1H3/b19-17+. The van der Waals surface area contributed by atoms with Crippen LogP contribution in [0.1, 0.15) is 22.3 Å². The van der Waals surface area contributed by atoms with E-state index in [1.165, 1.54) is 0 Å². The minimum absolute atomic E-state index is 0.132. The first-order valence-electron chi connectivity index (χ1n) is 10.2. The number of phenols is 1. The summed E-state index contributed by atoms with van der Waals surface area (Å²) in [5.74, 6) is 0.589. The minimum atomic E-state index is 0.132. The van der Waals surface area contributed by atoms with Gasteiger partial charge in [0.1, 0.15) is 0 Å². The van der Waals surface area contributed by atoms with Crippen LogP contribution in [-0.4, -0.2) is 12.2 Å². The summed E-state index contributed by atoms with van der Waals surface area (Å²) in [7, 11) is 1.56. The third-order valence-corrected chi connectivity index (χ3v) is 5.13. The van der Waals surface area contributed by atoms with Crippen LogP contribution in [0.5, 0.6) is 11.5 Å². The van der Waals surface area contributed by atoms with Gasteiger partial charge in [-0.15, -0.1) is 0 Å². The van der Waals surface area contributed by atoms with Crippen LogP contribution in [0.2, 0.25) is 0 Å². The molecule has 0 aliphatic carbocycles. The van der Waals surface area contributed by atoms with Gasteiger partial charge in [-0.3, -0.25) is 0 Å². The molecule has 0 atom stereocenters. The van der Waals surface area contributed by atoms with Gasteiger partial charge in [-0.05, 0) is 45.5 Å². The van der Waals surface area contributed by atoms with E-state index in [4.69, 9.17) is 4.74 Å². The molecular formula is C29H24O2. The number of benzene rings is 4. The molecule has 31 heavy (non-hydrogen) atoms. The lowest BCUT2D eigenvalue weighted by atomic mass is 9.89. The second-order valence-electron chi connectivity index (χ2n) is 7.15. The van der Waals surface area contributed by atoms with Crippen LogP contribution >= 0.6 is 0 Å². The summed E-state index contributed by atoms with van der Waals surface area (Å²) >= 11 is 0. The van der Waals surface area contributed by atoms with Gasteiger partial charge in [0.25, 0.3) is 0 Å². The molecule has 0 aliphatic rings. The average Bonchev–Trinajstić information content (AvgIpc) is 2.84. The molecule has 0 saturated carbocycles. The highest BCUT2D eigenvalue weighted by Crippen LogP contribution is 2.34. The third-order valence-electron chi connectivity index (χ3n) is 5.13. The smallest absolute Gasteiger partial charge is 0.161 e. The second-order valence-corrected chi connectivity index (χ2v) is 7.15. The fraction of sp³-hybridized carbons (Fsp3) is 0.0345. The largest absolute Gasteiger partial charge is 0.504 e. The number of hydrogen-bond acceptors (Lipinski definition) is 2. The van der Waals surface area contributed by atoms with E-state index in [1.807, 2.05) is 30.3 Å². The second kappa shape index (κ2) is 9.64. The summed E-state index contributed by atoms with van der Waals surface area (Å²) in [6.07, 6.45) is 4.19. The lowest BCUT2D eigenvalue weighted by Crippen LogP contribution is -1.93. The Bertz CT molecular complexity index is 1150. The first kappa shape index (κ1) is 20.2. The predicted molar refractivity (Wildman–Crippen MR) is 129 cm³/mol. The van der Waals surface area contributed by atoms with Gasteiger partial charge in [-0.2, -0.15) is 0 Å². The summed E-state index contributed by atoms with van der Waals surface area (Å²) < 4.78 is 5.27. The van der Waals surface area contributed by atoms with Crippen LogP contribution in [0, 0.1) is 0 Å². The summed E-state index contributed by atoms with van der Waals surface area (Å²) in [4.78, 5) is 0. The molecule has 0 bridgehead atoms. The van der Waals surface area contributed by atoms with Crippen molar-refractivity contribution in [2.24, 2.45) is 0 Å². The number of ether oxygens (including phenoxy) is 1. The Balaban J connectivity index is 1.93. The van der Waals surface area contributed by atoms with Crippen molar-refractivity contribution in [3.63, 3.8) is 0 Å². The number of methoxy groups -OCH3 is 1. The first-order chi connectivity index (χ1) is 15.3. The summed E-state index contributed by atoms with van der Waals surface area (Å²) in [5, 5.41) is 9.92. The topological polar surface area (TPSA) is 29.5 Å². The molecule has 1 N–H and O–H groups in total. The maximum absolute atomic E-state index is 9.92. The molecule has 0 radical (unpaired) electrons. The Morgan fingerprint density at radius 3 is 1.71 bits per heavy atom. The van der Waals surface area contributed by atoms with Crippen LogP contribution in [-0.2, 0) is 0 Å². The van der Waals surface area contributed by atoms with Gasteiger partial charge in [0.05, 0.1) is 7.11 Å². The number of allylic oxidation sites excluding steroid dienone is 2. The Morgan fingerprint density at radius 1 is 0.677 bits per heavy atom. The third kappa shape index (κ3) is 4.76. The zero-order chi connectivity index (χ0) is 21.5. The van der Waals surface area contributed by atoms with Crippen molar-refractivity contribution in [3.05, 3.63) is 138 Å². The Morgan fingerprint density at radius 2 is 1.19 bits per heavy atom. The van der Waals surface area contributed by atoms with Gasteiger partial charge in [0.2, 0.25) is 0 Å².